The van der Waals surface area contributed by atoms with Crippen LogP contribution in [0.15, 0.2) is 0 Å². The molecular formula is C11H18N2O3S2. The van der Waals surface area contributed by atoms with Crippen LogP contribution in [0.4, 0.5) is 0 Å². The fourth-order valence-electron chi connectivity index (χ4n) is 1.38. The number of rotatable bonds is 7. The zero-order chi connectivity index (χ0) is 13.4. The van der Waals surface area contributed by atoms with Crippen molar-refractivity contribution in [2.45, 2.75) is 19.8 Å². The van der Waals surface area contributed by atoms with Gasteiger partial charge in [-0.25, -0.2) is 0 Å². The average molecular weight is 290 g/mol. The van der Waals surface area contributed by atoms with E-state index in [1.165, 1.54) is 16.7 Å². The van der Waals surface area contributed by atoms with E-state index in [-0.39, 0.29) is 25.0 Å². The summed E-state index contributed by atoms with van der Waals surface area (Å²) in [7, 11) is 0. The highest BCUT2D eigenvalue weighted by atomic mass is 32.2. The Bertz CT molecular complexity index is 323. The molecule has 1 saturated heterocycles. The first-order valence-corrected chi connectivity index (χ1v) is 7.36. The minimum absolute atomic E-state index is 0.0802. The predicted octanol–water partition coefficient (Wildman–Crippen LogP) is 0.780. The molecule has 0 spiro atoms. The minimum atomic E-state index is -0.186. The molecule has 0 bridgehead atoms. The molecule has 0 atom stereocenters. The number of nitrogens with one attached hydrogen (secondary N) is 1. The van der Waals surface area contributed by atoms with Crippen molar-refractivity contribution in [3.8, 4) is 0 Å². The van der Waals surface area contributed by atoms with E-state index >= 15 is 0 Å². The van der Waals surface area contributed by atoms with Crippen LogP contribution in [0.25, 0.3) is 0 Å². The van der Waals surface area contributed by atoms with Crippen molar-refractivity contribution in [3.63, 3.8) is 0 Å². The van der Waals surface area contributed by atoms with Crippen LogP contribution in [-0.2, 0) is 14.3 Å². The topological polar surface area (TPSA) is 58.6 Å². The van der Waals surface area contributed by atoms with Gasteiger partial charge >= 0.3 is 0 Å². The first-order valence-electron chi connectivity index (χ1n) is 5.96. The molecule has 0 aromatic heterocycles. The molecular weight excluding hydrogens is 272 g/mol. The third kappa shape index (κ3) is 5.32. The average Bonchev–Trinajstić information content (AvgIpc) is 2.76. The number of carbonyl (C=O) groups is 2. The third-order valence-electron chi connectivity index (χ3n) is 2.37. The van der Waals surface area contributed by atoms with Gasteiger partial charge in [-0.3, -0.25) is 14.5 Å². The Kier molecular flexibility index (Phi) is 7.22. The Labute approximate surface area is 117 Å². The van der Waals surface area contributed by atoms with Gasteiger partial charge in [-0.2, -0.15) is 0 Å². The molecule has 7 heteroatoms. The molecule has 1 N–H and O–H groups in total. The second-order valence-electron chi connectivity index (χ2n) is 3.86. The Morgan fingerprint density at radius 2 is 2.28 bits per heavy atom. The molecule has 0 radical (unpaired) electrons. The number of ether oxygens (including phenoxy) is 1. The summed E-state index contributed by atoms with van der Waals surface area (Å²) in [4.78, 5) is 24.5. The van der Waals surface area contributed by atoms with Crippen LogP contribution in [-0.4, -0.2) is 53.1 Å². The molecule has 0 aromatic carbocycles. The smallest absolute Gasteiger partial charge is 0.254 e. The van der Waals surface area contributed by atoms with E-state index in [1.54, 1.807) is 0 Å². The molecule has 5 nitrogen and oxygen atoms in total. The van der Waals surface area contributed by atoms with Crippen LogP contribution in [0.2, 0.25) is 0 Å². The maximum Gasteiger partial charge on any atom is 0.254 e. The molecule has 1 rings (SSSR count). The number of thiocarbonyl (C=S) groups is 1. The number of carbonyl (C=O) groups excluding carboxylic acids is 2. The van der Waals surface area contributed by atoms with Gasteiger partial charge in [-0.05, 0) is 6.42 Å². The van der Waals surface area contributed by atoms with Crippen LogP contribution < -0.4 is 5.32 Å². The van der Waals surface area contributed by atoms with E-state index in [1.807, 2.05) is 0 Å². The highest BCUT2D eigenvalue weighted by Crippen LogP contribution is 2.17. The number of hydrogen-bond donors (Lipinski definition) is 1. The van der Waals surface area contributed by atoms with E-state index in [0.717, 1.165) is 18.6 Å². The molecule has 0 aliphatic carbocycles. The molecule has 1 aliphatic heterocycles. The molecule has 1 heterocycles. The molecule has 18 heavy (non-hydrogen) atoms. The van der Waals surface area contributed by atoms with Crippen molar-refractivity contribution in [1.82, 2.24) is 10.2 Å². The summed E-state index contributed by atoms with van der Waals surface area (Å²) >= 11 is 6.51. The maximum atomic E-state index is 11.7. The first kappa shape index (κ1) is 15.4. The van der Waals surface area contributed by atoms with E-state index < -0.39 is 0 Å². The Hall–Kier alpha value is -0.660. The largest absolute Gasteiger partial charge is 0.362 e. The van der Waals surface area contributed by atoms with Crippen molar-refractivity contribution in [1.29, 1.82) is 0 Å². The summed E-state index contributed by atoms with van der Waals surface area (Å²) < 4.78 is 5.67. The van der Waals surface area contributed by atoms with E-state index in [0.29, 0.717) is 17.4 Å². The Morgan fingerprint density at radius 3 is 2.89 bits per heavy atom. The van der Waals surface area contributed by atoms with Gasteiger partial charge in [-0.1, -0.05) is 37.3 Å². The highest BCUT2D eigenvalue weighted by molar-refractivity contribution is 8.23. The van der Waals surface area contributed by atoms with Crippen molar-refractivity contribution in [2.24, 2.45) is 0 Å². The van der Waals surface area contributed by atoms with Crippen molar-refractivity contribution >= 4 is 40.1 Å². The van der Waals surface area contributed by atoms with Crippen molar-refractivity contribution < 1.29 is 14.3 Å². The van der Waals surface area contributed by atoms with E-state index in [9.17, 15) is 9.59 Å². The number of nitrogens with zero attached hydrogens (tertiary/aromatic N) is 1. The number of unbranched alkanes of at least 4 members (excludes halogenated alkanes) is 1. The molecule has 0 unspecified atom stereocenters. The normalized spacial score (nSPS) is 14.9. The molecule has 0 saturated carbocycles. The summed E-state index contributed by atoms with van der Waals surface area (Å²) in [5, 5.41) is 2.72. The lowest BCUT2D eigenvalue weighted by molar-refractivity contribution is -0.134. The van der Waals surface area contributed by atoms with Crippen LogP contribution in [0.1, 0.15) is 19.8 Å². The number of hydrogen-bond acceptors (Lipinski definition) is 5. The van der Waals surface area contributed by atoms with Gasteiger partial charge in [0, 0.05) is 18.8 Å². The van der Waals surface area contributed by atoms with Gasteiger partial charge < -0.3 is 10.1 Å². The van der Waals surface area contributed by atoms with Gasteiger partial charge in [0.05, 0.1) is 0 Å². The lowest BCUT2D eigenvalue weighted by Crippen LogP contribution is -2.35. The maximum absolute atomic E-state index is 11.7. The zero-order valence-corrected chi connectivity index (χ0v) is 12.1. The predicted molar refractivity (Wildman–Crippen MR) is 75.5 cm³/mol. The quantitative estimate of drug-likeness (QED) is 0.555. The molecule has 2 amide bonds. The molecule has 102 valence electrons. The van der Waals surface area contributed by atoms with Crippen molar-refractivity contribution in [2.75, 3.05) is 32.1 Å². The number of amides is 2. The van der Waals surface area contributed by atoms with E-state index in [4.69, 9.17) is 17.0 Å². The summed E-state index contributed by atoms with van der Waals surface area (Å²) in [6.07, 6.45) is 1.98. The summed E-state index contributed by atoms with van der Waals surface area (Å²) in [6, 6.07) is 0. The summed E-state index contributed by atoms with van der Waals surface area (Å²) in [5.74, 6) is 0.475. The standard InChI is InChI=1S/C11H18N2O3S2/c1-2-3-4-12-9(14)7-16-8-10(15)13-5-6-18-11(13)17/h2-8H2,1H3,(H,12,14). The monoisotopic (exact) mass is 290 g/mol. The Morgan fingerprint density at radius 1 is 1.50 bits per heavy atom. The summed E-state index contributed by atoms with van der Waals surface area (Å²) in [5.41, 5.74) is 0. The highest BCUT2D eigenvalue weighted by Gasteiger charge is 2.23. The van der Waals surface area contributed by atoms with Gasteiger partial charge in [-0.15, -0.1) is 0 Å². The lowest BCUT2D eigenvalue weighted by Gasteiger charge is -2.14. The molecule has 1 fully saturated rings. The van der Waals surface area contributed by atoms with Gasteiger partial charge in [0.25, 0.3) is 5.91 Å². The SMILES string of the molecule is CCCCNC(=O)COCC(=O)N1CCSC1=S. The fraction of sp³-hybridized carbons (Fsp3) is 0.727. The van der Waals surface area contributed by atoms with Gasteiger partial charge in [0.15, 0.2) is 0 Å². The first-order chi connectivity index (χ1) is 8.65. The fourth-order valence-corrected chi connectivity index (χ4v) is 2.63. The minimum Gasteiger partial charge on any atom is -0.362 e. The number of thioether (sulfide) groups is 1. The van der Waals surface area contributed by atoms with Crippen LogP contribution in [0, 0.1) is 0 Å². The van der Waals surface area contributed by atoms with E-state index in [2.05, 4.69) is 12.2 Å². The third-order valence-corrected chi connectivity index (χ3v) is 3.80. The second-order valence-corrected chi connectivity index (χ2v) is 5.58. The van der Waals surface area contributed by atoms with Gasteiger partial charge in [0.1, 0.15) is 17.5 Å². The summed E-state index contributed by atoms with van der Waals surface area (Å²) in [6.45, 7) is 3.16. The zero-order valence-electron chi connectivity index (χ0n) is 10.4. The Balaban J connectivity index is 2.11. The van der Waals surface area contributed by atoms with Crippen LogP contribution in [0.5, 0.6) is 0 Å². The van der Waals surface area contributed by atoms with Gasteiger partial charge in [0.2, 0.25) is 5.91 Å². The van der Waals surface area contributed by atoms with Crippen LogP contribution >= 0.6 is 24.0 Å². The second kappa shape index (κ2) is 8.44. The molecule has 1 aliphatic rings. The molecule has 0 aromatic rings. The van der Waals surface area contributed by atoms with Crippen molar-refractivity contribution in [3.05, 3.63) is 0 Å². The van der Waals surface area contributed by atoms with Crippen LogP contribution in [0.3, 0.4) is 0 Å². The lowest BCUT2D eigenvalue weighted by atomic mass is 10.3.